The molecule has 4 nitrogen and oxygen atoms in total. The molecule has 1 aromatic rings. The summed E-state index contributed by atoms with van der Waals surface area (Å²) >= 11 is 0. The predicted molar refractivity (Wildman–Crippen MR) is 80.1 cm³/mol. The highest BCUT2D eigenvalue weighted by atomic mass is 16.3. The molecule has 0 bridgehead atoms. The molecule has 1 aliphatic heterocycles. The second-order valence-electron chi connectivity index (χ2n) is 5.63. The maximum atomic E-state index is 12.4. The average molecular weight is 276 g/mol. The molecule has 0 aliphatic carbocycles. The number of amides is 1. The van der Waals surface area contributed by atoms with Gasteiger partial charge in [-0.15, -0.1) is 0 Å². The molecule has 1 fully saturated rings. The highest BCUT2D eigenvalue weighted by molar-refractivity contribution is 5.96. The van der Waals surface area contributed by atoms with Crippen molar-refractivity contribution < 1.29 is 9.90 Å². The molecule has 1 N–H and O–H groups in total. The van der Waals surface area contributed by atoms with Crippen LogP contribution in [0, 0.1) is 6.92 Å². The Morgan fingerprint density at radius 3 is 2.95 bits per heavy atom. The van der Waals surface area contributed by atoms with E-state index in [1.807, 2.05) is 20.0 Å². The molecule has 0 radical (unpaired) electrons. The lowest BCUT2D eigenvalue weighted by Gasteiger charge is -2.28. The molecule has 0 spiro atoms. The van der Waals surface area contributed by atoms with Crippen LogP contribution in [0.4, 0.5) is 0 Å². The number of hydrogen-bond acceptors (Lipinski definition) is 3. The van der Waals surface area contributed by atoms with Crippen molar-refractivity contribution in [2.24, 2.45) is 0 Å². The molecule has 0 saturated carbocycles. The van der Waals surface area contributed by atoms with Gasteiger partial charge in [-0.3, -0.25) is 9.69 Å². The predicted octanol–water partition coefficient (Wildman–Crippen LogP) is 2.26. The number of likely N-dealkylation sites (N-methyl/N-ethyl adjacent to an activating group) is 2. The lowest BCUT2D eigenvalue weighted by molar-refractivity contribution is 0.0751. The lowest BCUT2D eigenvalue weighted by atomic mass is 10.1. The van der Waals surface area contributed by atoms with E-state index in [4.69, 9.17) is 0 Å². The molecule has 1 aromatic carbocycles. The summed E-state index contributed by atoms with van der Waals surface area (Å²) in [6.45, 7) is 6.96. The third kappa shape index (κ3) is 3.12. The van der Waals surface area contributed by atoms with Crippen molar-refractivity contribution in [3.8, 4) is 5.75 Å². The number of hydrogen-bond donors (Lipinski definition) is 1. The second kappa shape index (κ2) is 6.27. The minimum Gasteiger partial charge on any atom is -0.507 e. The Hall–Kier alpha value is -1.55. The van der Waals surface area contributed by atoms with Crippen LogP contribution in [-0.4, -0.2) is 53.5 Å². The fourth-order valence-electron chi connectivity index (χ4n) is 2.94. The molecule has 20 heavy (non-hydrogen) atoms. The lowest BCUT2D eigenvalue weighted by Crippen LogP contribution is -2.41. The molecular weight excluding hydrogens is 252 g/mol. The highest BCUT2D eigenvalue weighted by Crippen LogP contribution is 2.22. The van der Waals surface area contributed by atoms with Crippen molar-refractivity contribution in [2.75, 3.05) is 26.7 Å². The van der Waals surface area contributed by atoms with Gasteiger partial charge in [-0.2, -0.15) is 0 Å². The summed E-state index contributed by atoms with van der Waals surface area (Å²) in [5.41, 5.74) is 1.38. The topological polar surface area (TPSA) is 43.8 Å². The number of phenols is 1. The first-order valence-electron chi connectivity index (χ1n) is 7.32. The van der Waals surface area contributed by atoms with Gasteiger partial charge >= 0.3 is 0 Å². The Labute approximate surface area is 121 Å². The first-order chi connectivity index (χ1) is 9.52. The molecule has 110 valence electrons. The Kier molecular flexibility index (Phi) is 4.65. The van der Waals surface area contributed by atoms with Crippen LogP contribution in [0.3, 0.4) is 0 Å². The number of rotatable bonds is 4. The molecule has 1 amide bonds. The number of benzene rings is 1. The van der Waals surface area contributed by atoms with Crippen molar-refractivity contribution in [2.45, 2.75) is 32.7 Å². The normalized spacial score (nSPS) is 19.2. The summed E-state index contributed by atoms with van der Waals surface area (Å²) < 4.78 is 0. The van der Waals surface area contributed by atoms with E-state index in [1.54, 1.807) is 17.0 Å². The summed E-state index contributed by atoms with van der Waals surface area (Å²) in [5.74, 6) is -0.0413. The van der Waals surface area contributed by atoms with Gasteiger partial charge < -0.3 is 10.0 Å². The number of aryl methyl sites for hydroxylation is 1. The minimum absolute atomic E-state index is 0.0613. The molecular formula is C16H24N2O2. The number of carbonyl (C=O) groups is 1. The van der Waals surface area contributed by atoms with E-state index in [9.17, 15) is 9.90 Å². The summed E-state index contributed by atoms with van der Waals surface area (Å²) in [6.07, 6.45) is 2.35. The molecule has 2 rings (SSSR count). The second-order valence-corrected chi connectivity index (χ2v) is 5.63. The number of carbonyl (C=O) groups excluding carboxylic acids is 1. The fourth-order valence-corrected chi connectivity index (χ4v) is 2.94. The van der Waals surface area contributed by atoms with Crippen LogP contribution in [0.25, 0.3) is 0 Å². The molecule has 1 heterocycles. The third-order valence-electron chi connectivity index (χ3n) is 4.12. The number of phenolic OH excluding ortho intramolecular Hbond substituents is 1. The summed E-state index contributed by atoms with van der Waals surface area (Å²) in [4.78, 5) is 16.6. The van der Waals surface area contributed by atoms with E-state index in [0.717, 1.165) is 31.6 Å². The molecule has 1 unspecified atom stereocenters. The molecule has 1 atom stereocenters. The monoisotopic (exact) mass is 276 g/mol. The van der Waals surface area contributed by atoms with E-state index in [2.05, 4.69) is 11.8 Å². The zero-order valence-corrected chi connectivity index (χ0v) is 12.6. The third-order valence-corrected chi connectivity index (χ3v) is 4.12. The van der Waals surface area contributed by atoms with Crippen molar-refractivity contribution in [1.82, 2.24) is 9.80 Å². The highest BCUT2D eigenvalue weighted by Gasteiger charge is 2.26. The van der Waals surface area contributed by atoms with Crippen molar-refractivity contribution in [3.63, 3.8) is 0 Å². The summed E-state index contributed by atoms with van der Waals surface area (Å²) in [6, 6.07) is 5.59. The Bertz CT molecular complexity index is 487. The smallest absolute Gasteiger partial charge is 0.257 e. The number of aromatic hydroxyl groups is 1. The van der Waals surface area contributed by atoms with Crippen molar-refractivity contribution in [1.29, 1.82) is 0 Å². The van der Waals surface area contributed by atoms with Crippen LogP contribution in [-0.2, 0) is 0 Å². The van der Waals surface area contributed by atoms with Gasteiger partial charge in [-0.25, -0.2) is 0 Å². The largest absolute Gasteiger partial charge is 0.507 e. The quantitative estimate of drug-likeness (QED) is 0.917. The van der Waals surface area contributed by atoms with Crippen LogP contribution in [0.15, 0.2) is 18.2 Å². The zero-order chi connectivity index (χ0) is 14.7. The number of likely N-dealkylation sites (tertiary alicyclic amines) is 1. The fraction of sp³-hybridized carbons (Fsp3) is 0.562. The Balaban J connectivity index is 2.07. The number of nitrogens with zero attached hydrogens (tertiary/aromatic N) is 2. The van der Waals surface area contributed by atoms with Crippen LogP contribution < -0.4 is 0 Å². The maximum absolute atomic E-state index is 12.4. The molecule has 4 heteroatoms. The van der Waals surface area contributed by atoms with E-state index in [-0.39, 0.29) is 11.7 Å². The molecule has 1 saturated heterocycles. The van der Waals surface area contributed by atoms with Crippen LogP contribution in [0.1, 0.15) is 35.7 Å². The van der Waals surface area contributed by atoms with Crippen molar-refractivity contribution >= 4 is 5.91 Å². The van der Waals surface area contributed by atoms with E-state index >= 15 is 0 Å². The van der Waals surface area contributed by atoms with Gasteiger partial charge in [0.05, 0.1) is 5.56 Å². The standard InChI is InChI=1S/C16H24N2O2/c1-4-18-9-5-6-13(18)11-17(3)16(20)14-10-12(2)7-8-15(14)19/h7-8,10,13,19H,4-6,9,11H2,1-3H3. The summed E-state index contributed by atoms with van der Waals surface area (Å²) in [7, 11) is 1.82. The van der Waals surface area contributed by atoms with E-state index in [1.165, 1.54) is 6.42 Å². The minimum atomic E-state index is -0.103. The van der Waals surface area contributed by atoms with Gasteiger partial charge in [-0.1, -0.05) is 18.6 Å². The van der Waals surface area contributed by atoms with Crippen LogP contribution >= 0.6 is 0 Å². The Morgan fingerprint density at radius 1 is 1.50 bits per heavy atom. The zero-order valence-electron chi connectivity index (χ0n) is 12.6. The van der Waals surface area contributed by atoms with E-state index < -0.39 is 0 Å². The van der Waals surface area contributed by atoms with Crippen LogP contribution in [0.2, 0.25) is 0 Å². The molecule has 0 aromatic heterocycles. The molecule has 1 aliphatic rings. The van der Waals surface area contributed by atoms with Gasteiger partial charge in [0.2, 0.25) is 0 Å². The van der Waals surface area contributed by atoms with Gasteiger partial charge in [-0.05, 0) is 45.0 Å². The maximum Gasteiger partial charge on any atom is 0.257 e. The van der Waals surface area contributed by atoms with Crippen molar-refractivity contribution in [3.05, 3.63) is 29.3 Å². The van der Waals surface area contributed by atoms with Gasteiger partial charge in [0.1, 0.15) is 5.75 Å². The van der Waals surface area contributed by atoms with E-state index in [0.29, 0.717) is 11.6 Å². The average Bonchev–Trinajstić information content (AvgIpc) is 2.87. The summed E-state index contributed by atoms with van der Waals surface area (Å²) in [5, 5.41) is 9.86. The van der Waals surface area contributed by atoms with Gasteiger partial charge in [0, 0.05) is 19.6 Å². The van der Waals surface area contributed by atoms with Gasteiger partial charge in [0.25, 0.3) is 5.91 Å². The SMILES string of the molecule is CCN1CCCC1CN(C)C(=O)c1cc(C)ccc1O. The van der Waals surface area contributed by atoms with Gasteiger partial charge in [0.15, 0.2) is 0 Å². The Morgan fingerprint density at radius 2 is 2.25 bits per heavy atom. The first-order valence-corrected chi connectivity index (χ1v) is 7.32. The van der Waals surface area contributed by atoms with Crippen LogP contribution in [0.5, 0.6) is 5.75 Å². The first kappa shape index (κ1) is 14.9.